The minimum absolute atomic E-state index is 0.0396. The Morgan fingerprint density at radius 1 is 1.17 bits per heavy atom. The fraction of sp³-hybridized carbons (Fsp3) is 0.278. The molecule has 0 fully saturated rings. The molecule has 122 valence electrons. The average molecular weight is 382 g/mol. The lowest BCUT2D eigenvalue weighted by atomic mass is 10.1. The van der Waals surface area contributed by atoms with Crippen LogP contribution in [0.3, 0.4) is 0 Å². The second-order valence-corrected chi connectivity index (χ2v) is 6.40. The molecule has 2 aromatic carbocycles. The Kier molecular flexibility index (Phi) is 5.88. The van der Waals surface area contributed by atoms with E-state index in [1.54, 1.807) is 18.9 Å². The molecule has 0 radical (unpaired) electrons. The zero-order chi connectivity index (χ0) is 17.0. The summed E-state index contributed by atoms with van der Waals surface area (Å²) in [5, 5.41) is 0. The van der Waals surface area contributed by atoms with Crippen molar-refractivity contribution in [3.8, 4) is 0 Å². The number of aryl methyl sites for hydroxylation is 1. The van der Waals surface area contributed by atoms with Crippen molar-refractivity contribution in [2.45, 2.75) is 25.8 Å². The number of rotatable bonds is 5. The predicted molar refractivity (Wildman–Crippen MR) is 90.0 cm³/mol. The molecule has 0 saturated carbocycles. The van der Waals surface area contributed by atoms with E-state index < -0.39 is 11.6 Å². The third kappa shape index (κ3) is 4.61. The molecule has 0 aliphatic rings. The van der Waals surface area contributed by atoms with E-state index >= 15 is 0 Å². The van der Waals surface area contributed by atoms with E-state index in [1.165, 1.54) is 6.07 Å². The Hall–Kier alpha value is -1.75. The number of nitrogens with zero attached hydrogens (tertiary/aromatic N) is 1. The molecule has 0 aromatic heterocycles. The van der Waals surface area contributed by atoms with Gasteiger partial charge in [0, 0.05) is 17.9 Å². The highest BCUT2D eigenvalue weighted by Gasteiger charge is 2.18. The maximum absolute atomic E-state index is 13.3. The fourth-order valence-corrected chi connectivity index (χ4v) is 2.78. The topological polar surface area (TPSA) is 20.3 Å². The van der Waals surface area contributed by atoms with Crippen molar-refractivity contribution in [2.24, 2.45) is 0 Å². The van der Waals surface area contributed by atoms with Gasteiger partial charge in [0.15, 0.2) is 11.6 Å². The molecular formula is C18H18BrF2NO. The zero-order valence-corrected chi connectivity index (χ0v) is 14.6. The molecular weight excluding hydrogens is 364 g/mol. The first kappa shape index (κ1) is 17.6. The van der Waals surface area contributed by atoms with E-state index in [-0.39, 0.29) is 11.9 Å². The molecule has 0 aliphatic heterocycles. The summed E-state index contributed by atoms with van der Waals surface area (Å²) in [5.74, 6) is -1.82. The molecule has 2 nitrogen and oxygen atoms in total. The van der Waals surface area contributed by atoms with Crippen LogP contribution in [0.15, 0.2) is 46.9 Å². The van der Waals surface area contributed by atoms with Crippen LogP contribution in [-0.4, -0.2) is 17.9 Å². The first-order valence-electron chi connectivity index (χ1n) is 7.33. The lowest BCUT2D eigenvalue weighted by Gasteiger charge is -2.25. The van der Waals surface area contributed by atoms with Gasteiger partial charge in [-0.05, 0) is 48.7 Å². The molecule has 0 bridgehead atoms. The van der Waals surface area contributed by atoms with Crippen molar-refractivity contribution < 1.29 is 13.6 Å². The SMILES string of the molecule is CC(c1ccc(F)c(F)c1)N(C)C(=O)CCc1cccc(Br)c1. The van der Waals surface area contributed by atoms with Gasteiger partial charge in [-0.25, -0.2) is 8.78 Å². The molecule has 2 rings (SSSR count). The highest BCUT2D eigenvalue weighted by molar-refractivity contribution is 9.10. The van der Waals surface area contributed by atoms with Crippen LogP contribution in [0.1, 0.15) is 30.5 Å². The highest BCUT2D eigenvalue weighted by atomic mass is 79.9. The molecule has 2 aromatic rings. The summed E-state index contributed by atoms with van der Waals surface area (Å²) in [7, 11) is 1.68. The number of carbonyl (C=O) groups is 1. The third-order valence-electron chi connectivity index (χ3n) is 3.92. The Morgan fingerprint density at radius 2 is 1.91 bits per heavy atom. The van der Waals surface area contributed by atoms with Crippen molar-refractivity contribution >= 4 is 21.8 Å². The van der Waals surface area contributed by atoms with Crippen LogP contribution in [-0.2, 0) is 11.2 Å². The van der Waals surface area contributed by atoms with Crippen molar-refractivity contribution in [3.05, 3.63) is 69.7 Å². The van der Waals surface area contributed by atoms with Gasteiger partial charge in [0.25, 0.3) is 0 Å². The summed E-state index contributed by atoms with van der Waals surface area (Å²) in [6, 6.07) is 11.2. The standard InChI is InChI=1S/C18H18BrF2NO/c1-12(14-7-8-16(20)17(21)11-14)22(2)18(23)9-6-13-4-3-5-15(19)10-13/h3-5,7-8,10-12H,6,9H2,1-2H3. The molecule has 1 unspecified atom stereocenters. The fourth-order valence-electron chi connectivity index (χ4n) is 2.33. The molecule has 0 spiro atoms. The number of hydrogen-bond donors (Lipinski definition) is 0. The largest absolute Gasteiger partial charge is 0.339 e. The van der Waals surface area contributed by atoms with E-state index in [9.17, 15) is 13.6 Å². The smallest absolute Gasteiger partial charge is 0.223 e. The van der Waals surface area contributed by atoms with Gasteiger partial charge in [-0.3, -0.25) is 4.79 Å². The minimum atomic E-state index is -0.899. The summed E-state index contributed by atoms with van der Waals surface area (Å²) in [6.07, 6.45) is 0.994. The van der Waals surface area contributed by atoms with Gasteiger partial charge in [-0.2, -0.15) is 0 Å². The van der Waals surface area contributed by atoms with Crippen LogP contribution in [0, 0.1) is 11.6 Å². The van der Waals surface area contributed by atoms with Crippen LogP contribution in [0.2, 0.25) is 0 Å². The Morgan fingerprint density at radius 3 is 2.57 bits per heavy atom. The first-order valence-corrected chi connectivity index (χ1v) is 8.13. The average Bonchev–Trinajstić information content (AvgIpc) is 2.54. The molecule has 1 atom stereocenters. The Labute approximate surface area is 143 Å². The molecule has 0 saturated heterocycles. The van der Waals surface area contributed by atoms with E-state index in [0.29, 0.717) is 18.4 Å². The van der Waals surface area contributed by atoms with Gasteiger partial charge >= 0.3 is 0 Å². The summed E-state index contributed by atoms with van der Waals surface area (Å²) in [4.78, 5) is 13.9. The molecule has 0 aliphatic carbocycles. The maximum atomic E-state index is 13.3. The quantitative estimate of drug-likeness (QED) is 0.722. The van der Waals surface area contributed by atoms with E-state index in [4.69, 9.17) is 0 Å². The van der Waals surface area contributed by atoms with Gasteiger partial charge in [0.2, 0.25) is 5.91 Å². The van der Waals surface area contributed by atoms with Crippen molar-refractivity contribution in [1.82, 2.24) is 4.90 Å². The summed E-state index contributed by atoms with van der Waals surface area (Å²) < 4.78 is 27.3. The molecule has 0 heterocycles. The van der Waals surface area contributed by atoms with Gasteiger partial charge < -0.3 is 4.90 Å². The van der Waals surface area contributed by atoms with Gasteiger partial charge in [-0.15, -0.1) is 0 Å². The second-order valence-electron chi connectivity index (χ2n) is 5.48. The maximum Gasteiger partial charge on any atom is 0.223 e. The normalized spacial score (nSPS) is 12.0. The lowest BCUT2D eigenvalue weighted by molar-refractivity contribution is -0.131. The second kappa shape index (κ2) is 7.68. The van der Waals surface area contributed by atoms with Crippen LogP contribution in [0.5, 0.6) is 0 Å². The van der Waals surface area contributed by atoms with Crippen LogP contribution in [0.4, 0.5) is 8.78 Å². The number of benzene rings is 2. The Balaban J connectivity index is 1.99. The molecule has 1 amide bonds. The number of amides is 1. The molecule has 0 N–H and O–H groups in total. The summed E-state index contributed by atoms with van der Waals surface area (Å²) in [6.45, 7) is 1.80. The Bertz CT molecular complexity index is 705. The number of halogens is 3. The van der Waals surface area contributed by atoms with Gasteiger partial charge in [-0.1, -0.05) is 34.1 Å². The van der Waals surface area contributed by atoms with Gasteiger partial charge in [0.05, 0.1) is 6.04 Å². The van der Waals surface area contributed by atoms with Crippen LogP contribution in [0.25, 0.3) is 0 Å². The van der Waals surface area contributed by atoms with Crippen LogP contribution < -0.4 is 0 Å². The van der Waals surface area contributed by atoms with Crippen molar-refractivity contribution in [3.63, 3.8) is 0 Å². The van der Waals surface area contributed by atoms with Crippen molar-refractivity contribution in [1.29, 1.82) is 0 Å². The summed E-state index contributed by atoms with van der Waals surface area (Å²) in [5.41, 5.74) is 1.64. The van der Waals surface area contributed by atoms with Gasteiger partial charge in [0.1, 0.15) is 0 Å². The molecule has 23 heavy (non-hydrogen) atoms. The van der Waals surface area contributed by atoms with Crippen LogP contribution >= 0.6 is 15.9 Å². The first-order chi connectivity index (χ1) is 10.9. The number of carbonyl (C=O) groups excluding carboxylic acids is 1. The highest BCUT2D eigenvalue weighted by Crippen LogP contribution is 2.22. The van der Waals surface area contributed by atoms with Crippen molar-refractivity contribution in [2.75, 3.05) is 7.05 Å². The minimum Gasteiger partial charge on any atom is -0.339 e. The monoisotopic (exact) mass is 381 g/mol. The zero-order valence-electron chi connectivity index (χ0n) is 13.0. The lowest BCUT2D eigenvalue weighted by Crippen LogP contribution is -2.29. The van der Waals surface area contributed by atoms with E-state index in [1.807, 2.05) is 24.3 Å². The predicted octanol–water partition coefficient (Wildman–Crippen LogP) is 4.88. The number of hydrogen-bond acceptors (Lipinski definition) is 1. The molecule has 5 heteroatoms. The summed E-state index contributed by atoms with van der Waals surface area (Å²) >= 11 is 3.40. The third-order valence-corrected chi connectivity index (χ3v) is 4.41. The van der Waals surface area contributed by atoms with E-state index in [0.717, 1.165) is 22.2 Å². The van der Waals surface area contributed by atoms with E-state index in [2.05, 4.69) is 15.9 Å².